The van der Waals surface area contributed by atoms with Crippen molar-refractivity contribution in [1.82, 2.24) is 10.2 Å². The Bertz CT molecular complexity index is 1180. The summed E-state index contributed by atoms with van der Waals surface area (Å²) in [7, 11) is 0. The van der Waals surface area contributed by atoms with Crippen LogP contribution in [-0.2, 0) is 31.3 Å². The van der Waals surface area contributed by atoms with Gasteiger partial charge < -0.3 is 11.1 Å². The zero-order valence-electron chi connectivity index (χ0n) is 17.8. The lowest BCUT2D eigenvalue weighted by molar-refractivity contribution is -0.143. The Balaban J connectivity index is 1.63. The molecule has 5 rings (SSSR count). The van der Waals surface area contributed by atoms with Crippen molar-refractivity contribution in [2.75, 3.05) is 5.32 Å². The fraction of sp³-hybridized carbons (Fsp3) is 0.333. The minimum Gasteiger partial charge on any atom is -0.370 e. The molecule has 3 aliphatic rings. The summed E-state index contributed by atoms with van der Waals surface area (Å²) in [5.41, 5.74) is 8.05. The van der Waals surface area contributed by atoms with Gasteiger partial charge in [-0.2, -0.15) is 0 Å². The van der Waals surface area contributed by atoms with Gasteiger partial charge in [-0.3, -0.25) is 29.4 Å². The highest BCUT2D eigenvalue weighted by atomic mass is 16.2. The van der Waals surface area contributed by atoms with Crippen LogP contribution in [0.15, 0.2) is 42.5 Å². The molecule has 1 spiro atoms. The largest absolute Gasteiger partial charge is 0.370 e. The molecule has 32 heavy (non-hydrogen) atoms. The van der Waals surface area contributed by atoms with Crippen molar-refractivity contribution in [2.45, 2.75) is 38.4 Å². The van der Waals surface area contributed by atoms with E-state index in [1.807, 2.05) is 56.3 Å². The summed E-state index contributed by atoms with van der Waals surface area (Å²) in [6, 6.07) is 12.2. The fourth-order valence-electron chi connectivity index (χ4n) is 5.49. The first kappa shape index (κ1) is 20.4. The monoisotopic (exact) mass is 432 g/mol. The standard InChI is InChI=1S/C24H24N4O4/c1-12-8-9-15-20(13(12)2)26-23(32)24(15)19-18(16(27-24)10-17(25)29)21(30)28(22(19)31)11-14-6-4-3-5-7-14/h3-9,16,18-19,27H,10-11H2,1-2H3,(H2,25,29)(H,26,32)/t16-,18-,19+,24-/m1/s1. The highest BCUT2D eigenvalue weighted by Gasteiger charge is 2.70. The summed E-state index contributed by atoms with van der Waals surface area (Å²) in [4.78, 5) is 53.6. The molecule has 2 fully saturated rings. The SMILES string of the molecule is Cc1ccc2c(c1C)NC(=O)[C@@]21N[C@H](CC(N)=O)[C@H]2C(=O)N(Cc3ccccc3)C(=O)[C@H]21. The average Bonchev–Trinajstić information content (AvgIpc) is 3.32. The Hall–Kier alpha value is -3.52. The van der Waals surface area contributed by atoms with E-state index < -0.39 is 35.2 Å². The minimum absolute atomic E-state index is 0.117. The van der Waals surface area contributed by atoms with Gasteiger partial charge in [-0.25, -0.2) is 0 Å². The maximum absolute atomic E-state index is 13.7. The first-order valence-corrected chi connectivity index (χ1v) is 10.6. The van der Waals surface area contributed by atoms with E-state index in [1.165, 1.54) is 4.90 Å². The van der Waals surface area contributed by atoms with Gasteiger partial charge in [-0.1, -0.05) is 42.5 Å². The Morgan fingerprint density at radius 1 is 1.06 bits per heavy atom. The van der Waals surface area contributed by atoms with Gasteiger partial charge in [0.1, 0.15) is 5.54 Å². The van der Waals surface area contributed by atoms with Crippen molar-refractivity contribution >= 4 is 29.3 Å². The third kappa shape index (κ3) is 2.65. The van der Waals surface area contributed by atoms with Crippen LogP contribution in [0, 0.1) is 25.7 Å². The van der Waals surface area contributed by atoms with Crippen LogP contribution in [0.25, 0.3) is 0 Å². The van der Waals surface area contributed by atoms with Crippen LogP contribution < -0.4 is 16.4 Å². The Kier molecular flexibility index (Phi) is 4.46. The molecule has 4 atom stereocenters. The summed E-state index contributed by atoms with van der Waals surface area (Å²) in [5.74, 6) is -3.58. The van der Waals surface area contributed by atoms with E-state index in [-0.39, 0.29) is 24.8 Å². The van der Waals surface area contributed by atoms with Crippen LogP contribution in [0.5, 0.6) is 0 Å². The molecule has 0 aliphatic carbocycles. The Labute approximate surface area is 185 Å². The predicted molar refractivity (Wildman–Crippen MR) is 116 cm³/mol. The average molecular weight is 432 g/mol. The molecule has 0 bridgehead atoms. The second-order valence-corrected chi connectivity index (χ2v) is 8.87. The topological polar surface area (TPSA) is 122 Å². The van der Waals surface area contributed by atoms with E-state index in [0.29, 0.717) is 11.3 Å². The number of imide groups is 1. The molecule has 0 unspecified atom stereocenters. The van der Waals surface area contributed by atoms with Crippen molar-refractivity contribution < 1.29 is 19.2 Å². The number of carbonyl (C=O) groups is 4. The third-order valence-corrected chi connectivity index (χ3v) is 7.12. The van der Waals surface area contributed by atoms with Crippen molar-refractivity contribution in [3.63, 3.8) is 0 Å². The smallest absolute Gasteiger partial charge is 0.250 e. The lowest BCUT2D eigenvalue weighted by Gasteiger charge is -2.29. The zero-order valence-corrected chi connectivity index (χ0v) is 17.8. The molecule has 8 heteroatoms. The summed E-state index contributed by atoms with van der Waals surface area (Å²) in [6.45, 7) is 3.97. The molecule has 0 radical (unpaired) electrons. The van der Waals surface area contributed by atoms with Crippen molar-refractivity contribution in [3.05, 3.63) is 64.7 Å². The van der Waals surface area contributed by atoms with Gasteiger partial charge >= 0.3 is 0 Å². The van der Waals surface area contributed by atoms with E-state index in [2.05, 4.69) is 10.6 Å². The van der Waals surface area contributed by atoms with E-state index >= 15 is 0 Å². The number of likely N-dealkylation sites (tertiary alicyclic amines) is 1. The van der Waals surface area contributed by atoms with Crippen LogP contribution >= 0.6 is 0 Å². The maximum Gasteiger partial charge on any atom is 0.250 e. The molecular formula is C24H24N4O4. The maximum atomic E-state index is 13.7. The fourth-order valence-corrected chi connectivity index (χ4v) is 5.49. The van der Waals surface area contributed by atoms with Gasteiger partial charge in [0.2, 0.25) is 23.6 Å². The summed E-state index contributed by atoms with van der Waals surface area (Å²) < 4.78 is 0. The highest BCUT2D eigenvalue weighted by molar-refractivity contribution is 6.15. The van der Waals surface area contributed by atoms with Crippen LogP contribution in [0.2, 0.25) is 0 Å². The Morgan fingerprint density at radius 3 is 2.47 bits per heavy atom. The number of fused-ring (bicyclic) bond motifs is 4. The number of anilines is 1. The second-order valence-electron chi connectivity index (χ2n) is 8.87. The molecule has 3 heterocycles. The molecule has 164 valence electrons. The Morgan fingerprint density at radius 2 is 1.78 bits per heavy atom. The first-order valence-electron chi connectivity index (χ1n) is 10.6. The van der Waals surface area contributed by atoms with Crippen molar-refractivity contribution in [1.29, 1.82) is 0 Å². The van der Waals surface area contributed by atoms with Crippen molar-refractivity contribution in [2.24, 2.45) is 17.6 Å². The first-order chi connectivity index (χ1) is 15.3. The normalized spacial score (nSPS) is 28.2. The number of nitrogens with zero attached hydrogens (tertiary/aromatic N) is 1. The quantitative estimate of drug-likeness (QED) is 0.625. The number of nitrogens with one attached hydrogen (secondary N) is 2. The van der Waals surface area contributed by atoms with Gasteiger partial charge in [-0.05, 0) is 30.5 Å². The summed E-state index contributed by atoms with van der Waals surface area (Å²) in [5, 5.41) is 6.14. The van der Waals surface area contributed by atoms with Gasteiger partial charge in [0.15, 0.2) is 0 Å². The number of benzene rings is 2. The molecule has 0 saturated carbocycles. The van der Waals surface area contributed by atoms with Crippen molar-refractivity contribution in [3.8, 4) is 0 Å². The second kappa shape index (κ2) is 7.00. The van der Waals surface area contributed by atoms with E-state index in [1.54, 1.807) is 0 Å². The van der Waals surface area contributed by atoms with Gasteiger partial charge in [0.05, 0.1) is 18.4 Å². The van der Waals surface area contributed by atoms with Gasteiger partial charge in [0.25, 0.3) is 0 Å². The number of aryl methyl sites for hydroxylation is 1. The summed E-state index contributed by atoms with van der Waals surface area (Å²) >= 11 is 0. The van der Waals surface area contributed by atoms with E-state index in [9.17, 15) is 19.2 Å². The molecule has 2 aromatic rings. The number of amides is 4. The third-order valence-electron chi connectivity index (χ3n) is 7.12. The van der Waals surface area contributed by atoms with Gasteiger partial charge in [-0.15, -0.1) is 0 Å². The molecular weight excluding hydrogens is 408 g/mol. The molecule has 4 amide bonds. The summed E-state index contributed by atoms with van der Waals surface area (Å²) in [6.07, 6.45) is -0.144. The molecule has 2 aromatic carbocycles. The van der Waals surface area contributed by atoms with Crippen LogP contribution in [-0.4, -0.2) is 34.6 Å². The van der Waals surface area contributed by atoms with Gasteiger partial charge in [0, 0.05) is 23.7 Å². The molecule has 3 aliphatic heterocycles. The number of hydrogen-bond acceptors (Lipinski definition) is 5. The number of hydrogen-bond donors (Lipinski definition) is 3. The van der Waals surface area contributed by atoms with Crippen LogP contribution in [0.4, 0.5) is 5.69 Å². The van der Waals surface area contributed by atoms with E-state index in [4.69, 9.17) is 5.73 Å². The van der Waals surface area contributed by atoms with E-state index in [0.717, 1.165) is 16.7 Å². The van der Waals surface area contributed by atoms with Crippen LogP contribution in [0.1, 0.15) is 28.7 Å². The van der Waals surface area contributed by atoms with Crippen LogP contribution in [0.3, 0.4) is 0 Å². The zero-order chi connectivity index (χ0) is 22.8. The highest BCUT2D eigenvalue weighted by Crippen LogP contribution is 2.54. The predicted octanol–water partition coefficient (Wildman–Crippen LogP) is 1.10. The molecule has 8 nitrogen and oxygen atoms in total. The lowest BCUT2D eigenvalue weighted by atomic mass is 9.76. The number of rotatable bonds is 4. The number of primary amides is 1. The lowest BCUT2D eigenvalue weighted by Crippen LogP contribution is -2.53. The molecule has 0 aromatic heterocycles. The molecule has 2 saturated heterocycles. The number of nitrogens with two attached hydrogens (primary N) is 1. The molecule has 4 N–H and O–H groups in total. The minimum atomic E-state index is -1.42. The number of carbonyl (C=O) groups excluding carboxylic acids is 4.